The molecule has 1 aromatic rings. The van der Waals surface area contributed by atoms with Crippen molar-refractivity contribution in [1.82, 2.24) is 4.98 Å². The number of hydrogen-bond acceptors (Lipinski definition) is 5. The van der Waals surface area contributed by atoms with Crippen LogP contribution in [0, 0.1) is 0 Å². The summed E-state index contributed by atoms with van der Waals surface area (Å²) in [5.41, 5.74) is 0. The molecule has 1 rings (SSSR count). The Morgan fingerprint density at radius 1 is 1.38 bits per heavy atom. The number of rotatable bonds is 6. The number of aromatic nitrogens is 1. The normalized spacial score (nSPS) is 11.4. The van der Waals surface area contributed by atoms with E-state index in [1.165, 1.54) is 0 Å². The van der Waals surface area contributed by atoms with Crippen LogP contribution in [0.4, 0.5) is 0 Å². The largest absolute Gasteiger partial charge is 0.478 e. The zero-order valence-electron chi connectivity index (χ0n) is 8.72. The molecule has 0 atom stereocenters. The summed E-state index contributed by atoms with van der Waals surface area (Å²) in [5, 5.41) is 0. The molecule has 0 saturated carbocycles. The third-order valence-electron chi connectivity index (χ3n) is 1.53. The van der Waals surface area contributed by atoms with Crippen LogP contribution in [0.5, 0.6) is 5.88 Å². The van der Waals surface area contributed by atoms with Crippen LogP contribution in [0.1, 0.15) is 6.42 Å². The van der Waals surface area contributed by atoms with E-state index in [4.69, 9.17) is 4.74 Å². The zero-order chi connectivity index (χ0) is 12.0. The molecule has 0 spiro atoms. The second kappa shape index (κ2) is 6.17. The maximum atomic E-state index is 10.6. The second-order valence-electron chi connectivity index (χ2n) is 3.03. The van der Waals surface area contributed by atoms with Crippen LogP contribution in [-0.4, -0.2) is 32.9 Å². The van der Waals surface area contributed by atoms with Gasteiger partial charge < -0.3 is 4.74 Å². The molecule has 0 unspecified atom stereocenters. The van der Waals surface area contributed by atoms with Crippen molar-refractivity contribution in [3.05, 3.63) is 22.8 Å². The van der Waals surface area contributed by atoms with Gasteiger partial charge in [-0.05, 0) is 22.0 Å². The van der Waals surface area contributed by atoms with Gasteiger partial charge in [0, 0.05) is 12.5 Å². The lowest BCUT2D eigenvalue weighted by atomic mass is 10.5. The first-order valence-corrected chi connectivity index (χ1v) is 7.18. The third kappa shape index (κ3) is 6.04. The summed E-state index contributed by atoms with van der Waals surface area (Å²) in [7, 11) is -3.35. The lowest BCUT2D eigenvalue weighted by molar-refractivity contribution is 0.246. The van der Waals surface area contributed by atoms with E-state index in [1.807, 2.05) is 0 Å². The monoisotopic (exact) mass is 309 g/mol. The summed E-state index contributed by atoms with van der Waals surface area (Å²) in [4.78, 5) is 4.05. The first-order chi connectivity index (χ1) is 7.47. The molecule has 0 fully saturated rings. The lowest BCUT2D eigenvalue weighted by Gasteiger charge is -2.05. The molecule has 0 aliphatic rings. The smallest absolute Gasteiger partial charge is 0.264 e. The minimum Gasteiger partial charge on any atom is -0.478 e. The van der Waals surface area contributed by atoms with Crippen molar-refractivity contribution in [3.63, 3.8) is 0 Å². The van der Waals surface area contributed by atoms with Crippen LogP contribution < -0.4 is 4.74 Å². The molecule has 5 nitrogen and oxygen atoms in total. The Morgan fingerprint density at radius 2 is 2.12 bits per heavy atom. The van der Waals surface area contributed by atoms with Gasteiger partial charge in [0.05, 0.1) is 19.5 Å². The van der Waals surface area contributed by atoms with E-state index < -0.39 is 10.1 Å². The zero-order valence-corrected chi connectivity index (χ0v) is 11.1. The first kappa shape index (κ1) is 13.4. The SMILES string of the molecule is CS(=O)(=O)OCCCOc1cccc(Br)n1. The molecule has 0 aliphatic heterocycles. The van der Waals surface area contributed by atoms with Crippen molar-refractivity contribution in [2.24, 2.45) is 0 Å². The number of nitrogens with zero attached hydrogens (tertiary/aromatic N) is 1. The standard InChI is InChI=1S/C9H12BrNO4S/c1-16(12,13)15-7-3-6-14-9-5-2-4-8(10)11-9/h2,4-5H,3,6-7H2,1H3. The van der Waals surface area contributed by atoms with Crippen molar-refractivity contribution < 1.29 is 17.3 Å². The van der Waals surface area contributed by atoms with Crippen molar-refractivity contribution in [3.8, 4) is 5.88 Å². The predicted octanol–water partition coefficient (Wildman–Crippen LogP) is 1.59. The van der Waals surface area contributed by atoms with Gasteiger partial charge in [-0.3, -0.25) is 4.18 Å². The highest BCUT2D eigenvalue weighted by molar-refractivity contribution is 9.10. The quantitative estimate of drug-likeness (QED) is 0.453. The maximum absolute atomic E-state index is 10.6. The molecule has 0 N–H and O–H groups in total. The highest BCUT2D eigenvalue weighted by atomic mass is 79.9. The van der Waals surface area contributed by atoms with Crippen LogP contribution in [0.15, 0.2) is 22.8 Å². The predicted molar refractivity (Wildman–Crippen MR) is 62.8 cm³/mol. The average molecular weight is 310 g/mol. The summed E-state index contributed by atoms with van der Waals surface area (Å²) < 4.78 is 31.8. The summed E-state index contributed by atoms with van der Waals surface area (Å²) in [6.07, 6.45) is 1.50. The molecule has 0 amide bonds. The van der Waals surface area contributed by atoms with Crippen LogP contribution in [0.3, 0.4) is 0 Å². The van der Waals surface area contributed by atoms with Crippen molar-refractivity contribution >= 4 is 26.0 Å². The van der Waals surface area contributed by atoms with Gasteiger partial charge in [0.2, 0.25) is 5.88 Å². The first-order valence-electron chi connectivity index (χ1n) is 4.57. The Bertz CT molecular complexity index is 435. The number of halogens is 1. The maximum Gasteiger partial charge on any atom is 0.264 e. The van der Waals surface area contributed by atoms with Gasteiger partial charge in [-0.2, -0.15) is 8.42 Å². The summed E-state index contributed by atoms with van der Waals surface area (Å²) >= 11 is 3.22. The summed E-state index contributed by atoms with van der Waals surface area (Å²) in [6.45, 7) is 0.478. The summed E-state index contributed by atoms with van der Waals surface area (Å²) in [5.74, 6) is 0.494. The van der Waals surface area contributed by atoms with Crippen molar-refractivity contribution in [2.45, 2.75) is 6.42 Å². The molecule has 0 aliphatic carbocycles. The second-order valence-corrected chi connectivity index (χ2v) is 5.48. The Labute approximate surface area is 103 Å². The van der Waals surface area contributed by atoms with Crippen LogP contribution in [-0.2, 0) is 14.3 Å². The molecule has 1 heterocycles. The number of ether oxygens (including phenoxy) is 1. The van der Waals surface area contributed by atoms with Crippen LogP contribution in [0.25, 0.3) is 0 Å². The molecule has 0 radical (unpaired) electrons. The molecule has 0 saturated heterocycles. The van der Waals surface area contributed by atoms with Crippen LogP contribution in [0.2, 0.25) is 0 Å². The Morgan fingerprint density at radius 3 is 2.75 bits per heavy atom. The van der Waals surface area contributed by atoms with Crippen LogP contribution >= 0.6 is 15.9 Å². The molecule has 7 heteroatoms. The van der Waals surface area contributed by atoms with E-state index in [0.29, 0.717) is 23.5 Å². The van der Waals surface area contributed by atoms with E-state index in [9.17, 15) is 8.42 Å². The molecule has 16 heavy (non-hydrogen) atoms. The minimum atomic E-state index is -3.35. The Balaban J connectivity index is 2.21. The van der Waals surface area contributed by atoms with E-state index in [-0.39, 0.29) is 6.61 Å². The number of pyridine rings is 1. The fourth-order valence-electron chi connectivity index (χ4n) is 0.916. The molecule has 0 bridgehead atoms. The van der Waals surface area contributed by atoms with E-state index in [2.05, 4.69) is 25.1 Å². The van der Waals surface area contributed by atoms with E-state index in [0.717, 1.165) is 6.26 Å². The third-order valence-corrected chi connectivity index (χ3v) is 2.56. The molecule has 0 aromatic carbocycles. The van der Waals surface area contributed by atoms with Gasteiger partial charge in [-0.25, -0.2) is 4.98 Å². The van der Waals surface area contributed by atoms with Gasteiger partial charge in [0.25, 0.3) is 10.1 Å². The van der Waals surface area contributed by atoms with E-state index >= 15 is 0 Å². The summed E-state index contributed by atoms with van der Waals surface area (Å²) in [6, 6.07) is 5.32. The molecular formula is C9H12BrNO4S. The van der Waals surface area contributed by atoms with Gasteiger partial charge in [-0.15, -0.1) is 0 Å². The minimum absolute atomic E-state index is 0.118. The molecule has 1 aromatic heterocycles. The lowest BCUT2D eigenvalue weighted by Crippen LogP contribution is -2.08. The molecule has 90 valence electrons. The van der Waals surface area contributed by atoms with Gasteiger partial charge in [0.15, 0.2) is 0 Å². The molecular weight excluding hydrogens is 298 g/mol. The van der Waals surface area contributed by atoms with Gasteiger partial charge in [-0.1, -0.05) is 6.07 Å². The Kier molecular flexibility index (Phi) is 5.17. The highest BCUT2D eigenvalue weighted by Crippen LogP contribution is 2.12. The van der Waals surface area contributed by atoms with Crippen molar-refractivity contribution in [2.75, 3.05) is 19.5 Å². The number of hydrogen-bond donors (Lipinski definition) is 0. The van der Waals surface area contributed by atoms with Gasteiger partial charge in [0.1, 0.15) is 4.60 Å². The fourth-order valence-corrected chi connectivity index (χ4v) is 1.66. The fraction of sp³-hybridized carbons (Fsp3) is 0.444. The van der Waals surface area contributed by atoms with Crippen molar-refractivity contribution in [1.29, 1.82) is 0 Å². The van der Waals surface area contributed by atoms with E-state index in [1.54, 1.807) is 18.2 Å². The topological polar surface area (TPSA) is 65.5 Å². The Hall–Kier alpha value is -0.660. The van der Waals surface area contributed by atoms with Gasteiger partial charge >= 0.3 is 0 Å². The average Bonchev–Trinajstić information content (AvgIpc) is 2.15. The highest BCUT2D eigenvalue weighted by Gasteiger charge is 2.01.